The molecule has 0 radical (unpaired) electrons. The SMILES string of the molecule is COc1ccc([C@H](N)CO)c(OC)c1.Cl. The van der Waals surface area contributed by atoms with Gasteiger partial charge in [0.15, 0.2) is 0 Å². The minimum atomic E-state index is -0.421. The molecule has 1 aromatic rings. The van der Waals surface area contributed by atoms with Crippen molar-refractivity contribution in [2.45, 2.75) is 6.04 Å². The normalized spacial score (nSPS) is 11.5. The van der Waals surface area contributed by atoms with E-state index in [2.05, 4.69) is 0 Å². The predicted molar refractivity (Wildman–Crippen MR) is 60.8 cm³/mol. The zero-order valence-corrected chi connectivity index (χ0v) is 9.58. The molecule has 1 rings (SSSR count). The number of hydrogen-bond acceptors (Lipinski definition) is 4. The van der Waals surface area contributed by atoms with Crippen molar-refractivity contribution < 1.29 is 14.6 Å². The molecule has 0 bridgehead atoms. The maximum Gasteiger partial charge on any atom is 0.127 e. The molecule has 0 aliphatic carbocycles. The number of benzene rings is 1. The number of aliphatic hydroxyl groups excluding tert-OH is 1. The lowest BCUT2D eigenvalue weighted by Crippen LogP contribution is -2.15. The van der Waals surface area contributed by atoms with Gasteiger partial charge in [-0.1, -0.05) is 0 Å². The monoisotopic (exact) mass is 233 g/mol. The van der Waals surface area contributed by atoms with Crippen LogP contribution in [-0.2, 0) is 0 Å². The number of nitrogens with two attached hydrogens (primary N) is 1. The number of ether oxygens (including phenoxy) is 2. The summed E-state index contributed by atoms with van der Waals surface area (Å²) in [5.41, 5.74) is 6.47. The first-order valence-corrected chi connectivity index (χ1v) is 4.31. The molecule has 1 aromatic carbocycles. The molecule has 0 saturated heterocycles. The second kappa shape index (κ2) is 6.50. The van der Waals surface area contributed by atoms with Crippen molar-refractivity contribution in [3.05, 3.63) is 23.8 Å². The van der Waals surface area contributed by atoms with Gasteiger partial charge in [-0.25, -0.2) is 0 Å². The van der Waals surface area contributed by atoms with E-state index in [-0.39, 0.29) is 19.0 Å². The molecule has 0 unspecified atom stereocenters. The first kappa shape index (κ1) is 14.0. The van der Waals surface area contributed by atoms with Crippen LogP contribution in [0.5, 0.6) is 11.5 Å². The highest BCUT2D eigenvalue weighted by Gasteiger charge is 2.11. The molecule has 0 aliphatic rings. The number of methoxy groups -OCH3 is 2. The van der Waals surface area contributed by atoms with Crippen molar-refractivity contribution in [1.82, 2.24) is 0 Å². The molecular weight excluding hydrogens is 218 g/mol. The van der Waals surface area contributed by atoms with Gasteiger partial charge in [0.25, 0.3) is 0 Å². The Bertz CT molecular complexity index is 307. The Hall–Kier alpha value is -0.970. The quantitative estimate of drug-likeness (QED) is 0.818. The zero-order valence-electron chi connectivity index (χ0n) is 8.77. The van der Waals surface area contributed by atoms with Gasteiger partial charge >= 0.3 is 0 Å². The number of halogens is 1. The van der Waals surface area contributed by atoms with Crippen LogP contribution in [0.2, 0.25) is 0 Å². The van der Waals surface area contributed by atoms with Gasteiger partial charge in [-0.2, -0.15) is 0 Å². The summed E-state index contributed by atoms with van der Waals surface area (Å²) < 4.78 is 10.2. The maximum atomic E-state index is 8.92. The Balaban J connectivity index is 0.00000196. The highest BCUT2D eigenvalue weighted by molar-refractivity contribution is 5.85. The van der Waals surface area contributed by atoms with Crippen LogP contribution < -0.4 is 15.2 Å². The minimum absolute atomic E-state index is 0. The van der Waals surface area contributed by atoms with Crippen LogP contribution in [0.3, 0.4) is 0 Å². The Morgan fingerprint density at radius 1 is 1.33 bits per heavy atom. The molecule has 0 amide bonds. The number of hydrogen-bond donors (Lipinski definition) is 2. The fourth-order valence-corrected chi connectivity index (χ4v) is 1.22. The van der Waals surface area contributed by atoms with E-state index in [0.29, 0.717) is 11.5 Å². The molecule has 0 spiro atoms. The van der Waals surface area contributed by atoms with Gasteiger partial charge < -0.3 is 20.3 Å². The fraction of sp³-hybridized carbons (Fsp3) is 0.400. The highest BCUT2D eigenvalue weighted by atomic mass is 35.5. The van der Waals surface area contributed by atoms with Gasteiger partial charge in [0.1, 0.15) is 11.5 Å². The summed E-state index contributed by atoms with van der Waals surface area (Å²) in [5, 5.41) is 8.92. The van der Waals surface area contributed by atoms with E-state index in [0.717, 1.165) is 5.56 Å². The molecule has 0 heterocycles. The summed E-state index contributed by atoms with van der Waals surface area (Å²) in [4.78, 5) is 0. The molecule has 3 N–H and O–H groups in total. The summed E-state index contributed by atoms with van der Waals surface area (Å²) in [5.74, 6) is 1.33. The number of rotatable bonds is 4. The summed E-state index contributed by atoms with van der Waals surface area (Å²) >= 11 is 0. The average molecular weight is 234 g/mol. The van der Waals surface area contributed by atoms with Crippen LogP contribution in [0, 0.1) is 0 Å². The summed E-state index contributed by atoms with van der Waals surface area (Å²) in [6, 6.07) is 4.90. The van der Waals surface area contributed by atoms with E-state index in [1.165, 1.54) is 0 Å². The van der Waals surface area contributed by atoms with Crippen LogP contribution in [0.15, 0.2) is 18.2 Å². The Morgan fingerprint density at radius 3 is 2.47 bits per heavy atom. The van der Waals surface area contributed by atoms with Crippen molar-refractivity contribution in [3.63, 3.8) is 0 Å². The number of aliphatic hydroxyl groups is 1. The topological polar surface area (TPSA) is 64.7 Å². The van der Waals surface area contributed by atoms with E-state index in [9.17, 15) is 0 Å². The second-order valence-corrected chi connectivity index (χ2v) is 2.90. The van der Waals surface area contributed by atoms with Crippen molar-refractivity contribution in [3.8, 4) is 11.5 Å². The smallest absolute Gasteiger partial charge is 0.127 e. The minimum Gasteiger partial charge on any atom is -0.497 e. The molecule has 86 valence electrons. The Morgan fingerprint density at radius 2 is 2.00 bits per heavy atom. The molecule has 0 saturated carbocycles. The third kappa shape index (κ3) is 3.27. The van der Waals surface area contributed by atoms with Crippen molar-refractivity contribution >= 4 is 12.4 Å². The average Bonchev–Trinajstić information content (AvgIpc) is 2.27. The zero-order chi connectivity index (χ0) is 10.6. The fourth-order valence-electron chi connectivity index (χ4n) is 1.22. The van der Waals surface area contributed by atoms with E-state index in [1.807, 2.05) is 0 Å². The van der Waals surface area contributed by atoms with Crippen LogP contribution in [0.25, 0.3) is 0 Å². The molecule has 0 aromatic heterocycles. The molecule has 4 nitrogen and oxygen atoms in total. The Labute approximate surface area is 95.4 Å². The van der Waals surface area contributed by atoms with Crippen LogP contribution >= 0.6 is 12.4 Å². The molecular formula is C10H16ClNO3. The van der Waals surface area contributed by atoms with Gasteiger partial charge in [-0.15, -0.1) is 12.4 Å². The van der Waals surface area contributed by atoms with Crippen LogP contribution in [0.4, 0.5) is 0 Å². The molecule has 0 fully saturated rings. The van der Waals surface area contributed by atoms with Gasteiger partial charge in [-0.3, -0.25) is 0 Å². The maximum absolute atomic E-state index is 8.92. The van der Waals surface area contributed by atoms with E-state index in [1.54, 1.807) is 32.4 Å². The van der Waals surface area contributed by atoms with Gasteiger partial charge in [0, 0.05) is 11.6 Å². The summed E-state index contributed by atoms with van der Waals surface area (Å²) in [7, 11) is 3.14. The van der Waals surface area contributed by atoms with Crippen LogP contribution in [-0.4, -0.2) is 25.9 Å². The lowest BCUT2D eigenvalue weighted by Gasteiger charge is -2.14. The summed E-state index contributed by atoms with van der Waals surface area (Å²) in [6.07, 6.45) is 0. The standard InChI is InChI=1S/C10H15NO3.ClH/c1-13-7-3-4-8(9(11)6-12)10(5-7)14-2;/h3-5,9,12H,6,11H2,1-2H3;1H/t9-;/m1./s1. The third-order valence-corrected chi connectivity index (χ3v) is 2.04. The largest absolute Gasteiger partial charge is 0.497 e. The third-order valence-electron chi connectivity index (χ3n) is 2.04. The van der Waals surface area contributed by atoms with E-state index >= 15 is 0 Å². The molecule has 5 heteroatoms. The molecule has 0 aliphatic heterocycles. The molecule has 15 heavy (non-hydrogen) atoms. The lowest BCUT2D eigenvalue weighted by atomic mass is 10.1. The first-order valence-electron chi connectivity index (χ1n) is 4.31. The van der Waals surface area contributed by atoms with Gasteiger partial charge in [-0.05, 0) is 12.1 Å². The Kier molecular flexibility index (Phi) is 6.08. The lowest BCUT2D eigenvalue weighted by molar-refractivity contribution is 0.264. The van der Waals surface area contributed by atoms with Gasteiger partial charge in [0.2, 0.25) is 0 Å². The van der Waals surface area contributed by atoms with Crippen LogP contribution in [0.1, 0.15) is 11.6 Å². The van der Waals surface area contributed by atoms with Crippen molar-refractivity contribution in [2.75, 3.05) is 20.8 Å². The summed E-state index contributed by atoms with van der Waals surface area (Å²) in [6.45, 7) is -0.108. The predicted octanol–water partition coefficient (Wildman–Crippen LogP) is 1.12. The first-order chi connectivity index (χ1) is 6.72. The van der Waals surface area contributed by atoms with Crippen molar-refractivity contribution in [1.29, 1.82) is 0 Å². The van der Waals surface area contributed by atoms with Crippen molar-refractivity contribution in [2.24, 2.45) is 5.73 Å². The van der Waals surface area contributed by atoms with E-state index < -0.39 is 6.04 Å². The highest BCUT2D eigenvalue weighted by Crippen LogP contribution is 2.27. The van der Waals surface area contributed by atoms with Gasteiger partial charge in [0.05, 0.1) is 26.9 Å². The molecule has 1 atom stereocenters. The van der Waals surface area contributed by atoms with E-state index in [4.69, 9.17) is 20.3 Å². The second-order valence-electron chi connectivity index (χ2n) is 2.90.